The first-order valence-corrected chi connectivity index (χ1v) is 16.5. The molecule has 0 saturated heterocycles. The number of amides is 2. The molecular formula is C34H32N6O4S2. The zero-order valence-corrected chi connectivity index (χ0v) is 27.0. The van der Waals surface area contributed by atoms with Gasteiger partial charge in [-0.25, -0.2) is 5.01 Å². The first kappa shape index (κ1) is 31.1. The van der Waals surface area contributed by atoms with Gasteiger partial charge in [0.05, 0.1) is 36.0 Å². The molecule has 0 aliphatic carbocycles. The Kier molecular flexibility index (Phi) is 9.75. The Morgan fingerprint density at radius 2 is 1.80 bits per heavy atom. The van der Waals surface area contributed by atoms with Gasteiger partial charge in [0.15, 0.2) is 17.6 Å². The third-order valence-electron chi connectivity index (χ3n) is 7.31. The van der Waals surface area contributed by atoms with Gasteiger partial charge in [-0.1, -0.05) is 60.3 Å². The van der Waals surface area contributed by atoms with Gasteiger partial charge < -0.3 is 14.8 Å². The lowest BCUT2D eigenvalue weighted by Gasteiger charge is -2.22. The second-order valence-corrected chi connectivity index (χ2v) is 12.4. The van der Waals surface area contributed by atoms with Gasteiger partial charge in [0.2, 0.25) is 0 Å². The fraction of sp³-hybridized carbons (Fsp3) is 0.206. The molecule has 1 N–H and O–H groups in total. The second-order valence-electron chi connectivity index (χ2n) is 10.5. The van der Waals surface area contributed by atoms with Crippen molar-refractivity contribution in [2.45, 2.75) is 31.1 Å². The maximum atomic E-state index is 13.8. The molecule has 2 amide bonds. The van der Waals surface area contributed by atoms with Gasteiger partial charge in [0, 0.05) is 12.1 Å². The number of hydrazone groups is 1. The van der Waals surface area contributed by atoms with Gasteiger partial charge in [-0.2, -0.15) is 5.10 Å². The highest BCUT2D eigenvalue weighted by Crippen LogP contribution is 2.35. The minimum absolute atomic E-state index is 0.0924. The van der Waals surface area contributed by atoms with Crippen LogP contribution in [0.2, 0.25) is 0 Å². The van der Waals surface area contributed by atoms with Crippen LogP contribution in [0, 0.1) is 6.92 Å². The SMILES string of the molecule is COc1ccc([C@H]2CC(c3cccs3)=NN2C(=O)CSc2nnc(CNC(=O)COc3ccccc3)n2-c2cccc(C)c2)cc1. The van der Waals surface area contributed by atoms with E-state index in [1.54, 1.807) is 35.6 Å². The highest BCUT2D eigenvalue weighted by Gasteiger charge is 2.33. The molecule has 0 bridgehead atoms. The molecule has 0 fully saturated rings. The van der Waals surface area contributed by atoms with Crippen LogP contribution in [0.4, 0.5) is 0 Å². The lowest BCUT2D eigenvalue weighted by molar-refractivity contribution is -0.130. The number of thioether (sulfide) groups is 1. The molecule has 0 unspecified atom stereocenters. The van der Waals surface area contributed by atoms with Crippen molar-refractivity contribution in [1.29, 1.82) is 0 Å². The summed E-state index contributed by atoms with van der Waals surface area (Å²) >= 11 is 2.89. The van der Waals surface area contributed by atoms with E-state index >= 15 is 0 Å². The zero-order valence-electron chi connectivity index (χ0n) is 25.3. The molecule has 1 aliphatic heterocycles. The van der Waals surface area contributed by atoms with Crippen molar-refractivity contribution < 1.29 is 19.1 Å². The van der Waals surface area contributed by atoms with E-state index < -0.39 is 0 Å². The third kappa shape index (κ3) is 7.30. The summed E-state index contributed by atoms with van der Waals surface area (Å²) in [5.41, 5.74) is 3.75. The number of hydrogen-bond acceptors (Lipinski definition) is 9. The summed E-state index contributed by atoms with van der Waals surface area (Å²) in [4.78, 5) is 27.4. The molecular weight excluding hydrogens is 621 g/mol. The number of carbonyl (C=O) groups excluding carboxylic acids is 2. The Bertz CT molecular complexity index is 1820. The van der Waals surface area contributed by atoms with Crippen LogP contribution < -0.4 is 14.8 Å². The molecule has 3 heterocycles. The highest BCUT2D eigenvalue weighted by atomic mass is 32.2. The van der Waals surface area contributed by atoms with Crippen molar-refractivity contribution in [1.82, 2.24) is 25.1 Å². The van der Waals surface area contributed by atoms with Crippen molar-refractivity contribution in [3.05, 3.63) is 118 Å². The number of hydrogen-bond donors (Lipinski definition) is 1. The molecule has 234 valence electrons. The Balaban J connectivity index is 1.19. The van der Waals surface area contributed by atoms with Gasteiger partial charge in [0.1, 0.15) is 11.5 Å². The van der Waals surface area contributed by atoms with E-state index in [1.807, 2.05) is 95.7 Å². The van der Waals surface area contributed by atoms with E-state index in [2.05, 4.69) is 15.5 Å². The normalized spacial score (nSPS) is 14.2. The molecule has 1 aliphatic rings. The Morgan fingerprint density at radius 3 is 2.54 bits per heavy atom. The maximum absolute atomic E-state index is 13.8. The largest absolute Gasteiger partial charge is 0.497 e. The maximum Gasteiger partial charge on any atom is 0.258 e. The summed E-state index contributed by atoms with van der Waals surface area (Å²) in [6.45, 7) is 2.01. The first-order chi connectivity index (χ1) is 22.5. The topological polar surface area (TPSA) is 111 Å². The lowest BCUT2D eigenvalue weighted by atomic mass is 10.0. The van der Waals surface area contributed by atoms with Crippen molar-refractivity contribution in [3.8, 4) is 17.2 Å². The standard InChI is InChI=1S/C34H32N6O4S2/c1-23-8-6-9-25(18-23)39-31(20-35-32(41)21-44-27-10-4-3-5-11-27)36-37-34(39)46-22-33(42)40-29(24-13-15-26(43-2)16-14-24)19-28(38-40)30-12-7-17-45-30/h3-18,29H,19-22H2,1-2H3,(H,35,41)/t29-/m1/s1. The first-order valence-electron chi connectivity index (χ1n) is 14.6. The summed E-state index contributed by atoms with van der Waals surface area (Å²) < 4.78 is 12.8. The van der Waals surface area contributed by atoms with E-state index in [9.17, 15) is 9.59 Å². The number of methoxy groups -OCH3 is 1. The molecule has 10 nitrogen and oxygen atoms in total. The van der Waals surface area contributed by atoms with Crippen LogP contribution in [0.1, 0.15) is 34.3 Å². The smallest absolute Gasteiger partial charge is 0.258 e. The molecule has 2 aromatic heterocycles. The number of thiophene rings is 1. The summed E-state index contributed by atoms with van der Waals surface area (Å²) in [7, 11) is 1.63. The van der Waals surface area contributed by atoms with Crippen LogP contribution in [0.5, 0.6) is 11.5 Å². The van der Waals surface area contributed by atoms with Crippen LogP contribution in [-0.4, -0.2) is 56.8 Å². The number of aryl methyl sites for hydroxylation is 1. The second kappa shape index (κ2) is 14.4. The summed E-state index contributed by atoms with van der Waals surface area (Å²) in [6.07, 6.45) is 0.612. The summed E-state index contributed by atoms with van der Waals surface area (Å²) in [6, 6.07) is 28.6. The van der Waals surface area contributed by atoms with E-state index in [4.69, 9.17) is 14.6 Å². The van der Waals surface area contributed by atoms with Crippen LogP contribution in [0.15, 0.2) is 107 Å². The van der Waals surface area contributed by atoms with Crippen LogP contribution >= 0.6 is 23.1 Å². The van der Waals surface area contributed by atoms with E-state index in [0.717, 1.165) is 33.2 Å². The molecule has 3 aromatic carbocycles. The number of nitrogens with zero attached hydrogens (tertiary/aromatic N) is 5. The number of carbonyl (C=O) groups is 2. The predicted molar refractivity (Wildman–Crippen MR) is 179 cm³/mol. The summed E-state index contributed by atoms with van der Waals surface area (Å²) in [5, 5.41) is 20.6. The van der Waals surface area contributed by atoms with E-state index in [1.165, 1.54) is 11.8 Å². The number of ether oxygens (including phenoxy) is 2. The molecule has 5 aromatic rings. The van der Waals surface area contributed by atoms with Crippen molar-refractivity contribution in [2.24, 2.45) is 5.10 Å². The molecule has 0 saturated carbocycles. The van der Waals surface area contributed by atoms with Gasteiger partial charge in [-0.05, 0) is 65.9 Å². The van der Waals surface area contributed by atoms with Gasteiger partial charge in [-0.15, -0.1) is 21.5 Å². The number of para-hydroxylation sites is 1. The van der Waals surface area contributed by atoms with Crippen LogP contribution in [0.3, 0.4) is 0 Å². The molecule has 0 radical (unpaired) electrons. The molecule has 6 rings (SSSR count). The fourth-order valence-corrected chi connectivity index (χ4v) is 6.58. The monoisotopic (exact) mass is 652 g/mol. The average Bonchev–Trinajstić information content (AvgIpc) is 3.86. The quantitative estimate of drug-likeness (QED) is 0.169. The lowest BCUT2D eigenvalue weighted by Crippen LogP contribution is -2.29. The molecule has 1 atom stereocenters. The van der Waals surface area contributed by atoms with Gasteiger partial charge >= 0.3 is 0 Å². The third-order valence-corrected chi connectivity index (χ3v) is 9.15. The number of benzene rings is 3. The number of rotatable bonds is 12. The van der Waals surface area contributed by atoms with Crippen LogP contribution in [-0.2, 0) is 16.1 Å². The van der Waals surface area contributed by atoms with Crippen LogP contribution in [0.25, 0.3) is 5.69 Å². The van der Waals surface area contributed by atoms with Gasteiger partial charge in [-0.3, -0.25) is 14.2 Å². The predicted octanol–water partition coefficient (Wildman–Crippen LogP) is 5.81. The Hall–Kier alpha value is -4.94. The minimum Gasteiger partial charge on any atom is -0.497 e. The van der Waals surface area contributed by atoms with Crippen molar-refractivity contribution >= 4 is 40.6 Å². The number of nitrogens with one attached hydrogen (secondary N) is 1. The molecule has 0 spiro atoms. The Morgan fingerprint density at radius 1 is 0.978 bits per heavy atom. The molecule has 12 heteroatoms. The molecule has 46 heavy (non-hydrogen) atoms. The highest BCUT2D eigenvalue weighted by molar-refractivity contribution is 7.99. The van der Waals surface area contributed by atoms with Crippen molar-refractivity contribution in [2.75, 3.05) is 19.5 Å². The Labute approximate surface area is 275 Å². The zero-order chi connectivity index (χ0) is 31.9. The summed E-state index contributed by atoms with van der Waals surface area (Å²) in [5.74, 6) is 1.55. The van der Waals surface area contributed by atoms with Crippen molar-refractivity contribution in [3.63, 3.8) is 0 Å². The van der Waals surface area contributed by atoms with Gasteiger partial charge in [0.25, 0.3) is 11.8 Å². The van der Waals surface area contributed by atoms with E-state index in [0.29, 0.717) is 23.2 Å². The number of aromatic nitrogens is 3. The minimum atomic E-state index is -0.287. The van der Waals surface area contributed by atoms with E-state index in [-0.39, 0.29) is 36.8 Å². The fourth-order valence-electron chi connectivity index (χ4n) is 5.04. The average molecular weight is 653 g/mol.